The van der Waals surface area contributed by atoms with Gasteiger partial charge in [-0.25, -0.2) is 0 Å². The van der Waals surface area contributed by atoms with Crippen molar-refractivity contribution in [3.63, 3.8) is 0 Å². The molecule has 6 heteroatoms. The second-order valence-corrected chi connectivity index (χ2v) is 5.95. The molecule has 0 aliphatic carbocycles. The van der Waals surface area contributed by atoms with Crippen molar-refractivity contribution in [2.75, 3.05) is 34.4 Å². The van der Waals surface area contributed by atoms with E-state index in [-0.39, 0.29) is 17.8 Å². The minimum absolute atomic E-state index is 0.132. The third-order valence-electron chi connectivity index (χ3n) is 4.05. The number of unbranched alkanes of at least 4 members (excludes halogenated alkanes) is 2. The van der Waals surface area contributed by atoms with Gasteiger partial charge >= 0.3 is 5.97 Å². The fourth-order valence-electron chi connectivity index (χ4n) is 2.59. The highest BCUT2D eigenvalue weighted by Crippen LogP contribution is 2.28. The highest BCUT2D eigenvalue weighted by atomic mass is 16.5. The minimum Gasteiger partial charge on any atom is -0.493 e. The Morgan fingerprint density at radius 2 is 1.76 bits per heavy atom. The van der Waals surface area contributed by atoms with Crippen molar-refractivity contribution >= 4 is 11.9 Å². The summed E-state index contributed by atoms with van der Waals surface area (Å²) in [5, 5.41) is 0. The van der Waals surface area contributed by atoms with Gasteiger partial charge in [0, 0.05) is 18.7 Å². The van der Waals surface area contributed by atoms with Crippen LogP contribution in [0.2, 0.25) is 0 Å². The van der Waals surface area contributed by atoms with Gasteiger partial charge in [-0.3, -0.25) is 9.59 Å². The molecule has 1 amide bonds. The standard InChI is InChI=1S/C19H29NO5/c1-6-7-8-11-20(13-14(2)19(22)25-5)18(21)15-9-10-16(23-3)17(12-15)24-4/h9-10,12,14H,6-8,11,13H2,1-5H3. The molecule has 0 radical (unpaired) electrons. The van der Waals surface area contributed by atoms with E-state index in [9.17, 15) is 9.59 Å². The van der Waals surface area contributed by atoms with Crippen molar-refractivity contribution in [2.45, 2.75) is 33.1 Å². The second kappa shape index (κ2) is 10.6. The molecule has 0 aliphatic heterocycles. The fraction of sp³-hybridized carbons (Fsp3) is 0.579. The molecule has 0 saturated carbocycles. The van der Waals surface area contributed by atoms with Crippen molar-refractivity contribution in [1.82, 2.24) is 4.90 Å². The van der Waals surface area contributed by atoms with Crippen molar-refractivity contribution in [3.05, 3.63) is 23.8 Å². The van der Waals surface area contributed by atoms with Crippen LogP contribution in [-0.4, -0.2) is 51.2 Å². The topological polar surface area (TPSA) is 65.1 Å². The van der Waals surface area contributed by atoms with Crippen molar-refractivity contribution in [2.24, 2.45) is 5.92 Å². The average Bonchev–Trinajstić information content (AvgIpc) is 2.65. The zero-order valence-electron chi connectivity index (χ0n) is 15.8. The van der Waals surface area contributed by atoms with Gasteiger partial charge in [0.1, 0.15) is 0 Å². The molecule has 0 bridgehead atoms. The number of nitrogens with zero attached hydrogens (tertiary/aromatic N) is 1. The summed E-state index contributed by atoms with van der Waals surface area (Å²) in [6.45, 7) is 4.80. The van der Waals surface area contributed by atoms with E-state index in [2.05, 4.69) is 6.92 Å². The van der Waals surface area contributed by atoms with Crippen LogP contribution in [0.3, 0.4) is 0 Å². The van der Waals surface area contributed by atoms with Crippen molar-refractivity contribution in [1.29, 1.82) is 0 Å². The highest BCUT2D eigenvalue weighted by molar-refractivity contribution is 5.95. The Morgan fingerprint density at radius 3 is 2.32 bits per heavy atom. The molecule has 0 N–H and O–H groups in total. The summed E-state index contributed by atoms with van der Waals surface area (Å²) in [6, 6.07) is 5.08. The predicted octanol–water partition coefficient (Wildman–Crippen LogP) is 3.15. The maximum atomic E-state index is 12.9. The molecule has 1 rings (SSSR count). The number of rotatable bonds is 10. The van der Waals surface area contributed by atoms with Crippen LogP contribution in [0.15, 0.2) is 18.2 Å². The summed E-state index contributed by atoms with van der Waals surface area (Å²) in [5.41, 5.74) is 0.506. The van der Waals surface area contributed by atoms with Crippen molar-refractivity contribution < 1.29 is 23.8 Å². The van der Waals surface area contributed by atoms with Gasteiger partial charge in [0.15, 0.2) is 11.5 Å². The maximum absolute atomic E-state index is 12.9. The number of methoxy groups -OCH3 is 3. The molecular weight excluding hydrogens is 322 g/mol. The van der Waals surface area contributed by atoms with Gasteiger partial charge in [-0.2, -0.15) is 0 Å². The van der Waals surface area contributed by atoms with Crippen LogP contribution < -0.4 is 9.47 Å². The van der Waals surface area contributed by atoms with Gasteiger partial charge in [-0.1, -0.05) is 26.7 Å². The molecule has 0 saturated heterocycles. The molecule has 25 heavy (non-hydrogen) atoms. The summed E-state index contributed by atoms with van der Waals surface area (Å²) in [4.78, 5) is 26.4. The number of carbonyl (C=O) groups excluding carboxylic acids is 2. The van der Waals surface area contributed by atoms with E-state index >= 15 is 0 Å². The molecule has 0 heterocycles. The molecule has 0 fully saturated rings. The first-order valence-electron chi connectivity index (χ1n) is 8.57. The van der Waals surface area contributed by atoms with Crippen LogP contribution >= 0.6 is 0 Å². The van der Waals surface area contributed by atoms with Gasteiger partial charge in [-0.15, -0.1) is 0 Å². The average molecular weight is 351 g/mol. The Morgan fingerprint density at radius 1 is 1.08 bits per heavy atom. The van der Waals surface area contributed by atoms with Crippen LogP contribution in [0.25, 0.3) is 0 Å². The largest absolute Gasteiger partial charge is 0.493 e. The molecular formula is C19H29NO5. The number of esters is 1. The predicted molar refractivity (Wildman–Crippen MR) is 96.2 cm³/mol. The van der Waals surface area contributed by atoms with Crippen LogP contribution in [0, 0.1) is 5.92 Å². The van der Waals surface area contributed by atoms with E-state index in [4.69, 9.17) is 14.2 Å². The first-order chi connectivity index (χ1) is 12.0. The first kappa shape index (κ1) is 20.8. The van der Waals surface area contributed by atoms with Crippen LogP contribution in [0.5, 0.6) is 11.5 Å². The molecule has 0 aliphatic rings. The third kappa shape index (κ3) is 5.96. The monoisotopic (exact) mass is 351 g/mol. The summed E-state index contributed by atoms with van der Waals surface area (Å²) in [7, 11) is 4.44. The summed E-state index contributed by atoms with van der Waals surface area (Å²) in [6.07, 6.45) is 2.98. The number of ether oxygens (including phenoxy) is 3. The Hall–Kier alpha value is -2.24. The lowest BCUT2D eigenvalue weighted by Crippen LogP contribution is -2.38. The summed E-state index contributed by atoms with van der Waals surface area (Å²) >= 11 is 0. The van der Waals surface area contributed by atoms with Gasteiger partial charge < -0.3 is 19.1 Å². The van der Waals surface area contributed by atoms with E-state index < -0.39 is 0 Å². The molecule has 1 unspecified atom stereocenters. The van der Waals surface area contributed by atoms with Crippen LogP contribution in [-0.2, 0) is 9.53 Å². The first-order valence-corrected chi connectivity index (χ1v) is 8.57. The van der Waals surface area contributed by atoms with Crippen LogP contribution in [0.1, 0.15) is 43.5 Å². The lowest BCUT2D eigenvalue weighted by Gasteiger charge is -2.25. The SMILES string of the molecule is CCCCCN(CC(C)C(=O)OC)C(=O)c1ccc(OC)c(OC)c1. The van der Waals surface area contributed by atoms with Gasteiger partial charge in [0.25, 0.3) is 5.91 Å². The lowest BCUT2D eigenvalue weighted by atomic mass is 10.1. The van der Waals surface area contributed by atoms with E-state index in [0.717, 1.165) is 19.3 Å². The smallest absolute Gasteiger partial charge is 0.310 e. The van der Waals surface area contributed by atoms with E-state index in [1.807, 2.05) is 0 Å². The molecule has 1 atom stereocenters. The Bertz CT molecular complexity index is 573. The highest BCUT2D eigenvalue weighted by Gasteiger charge is 2.23. The zero-order valence-corrected chi connectivity index (χ0v) is 15.8. The molecule has 140 valence electrons. The third-order valence-corrected chi connectivity index (χ3v) is 4.05. The maximum Gasteiger partial charge on any atom is 0.310 e. The number of carbonyl (C=O) groups is 2. The normalized spacial score (nSPS) is 11.6. The van der Waals surface area contributed by atoms with Gasteiger partial charge in [-0.05, 0) is 24.6 Å². The second-order valence-electron chi connectivity index (χ2n) is 5.95. The van der Waals surface area contributed by atoms with E-state index in [0.29, 0.717) is 30.2 Å². The van der Waals surface area contributed by atoms with E-state index in [1.165, 1.54) is 14.2 Å². The van der Waals surface area contributed by atoms with Crippen molar-refractivity contribution in [3.8, 4) is 11.5 Å². The summed E-state index contributed by atoms with van der Waals surface area (Å²) < 4.78 is 15.3. The number of amides is 1. The minimum atomic E-state index is -0.379. The van der Waals surface area contributed by atoms with Gasteiger partial charge in [0.2, 0.25) is 0 Å². The molecule has 6 nitrogen and oxygen atoms in total. The number of hydrogen-bond acceptors (Lipinski definition) is 5. The number of benzene rings is 1. The Labute approximate surface area is 150 Å². The lowest BCUT2D eigenvalue weighted by molar-refractivity contribution is -0.145. The fourth-order valence-corrected chi connectivity index (χ4v) is 2.59. The molecule has 1 aromatic rings. The van der Waals surface area contributed by atoms with Gasteiger partial charge in [0.05, 0.1) is 27.2 Å². The molecule has 1 aromatic carbocycles. The Balaban J connectivity index is 2.99. The summed E-state index contributed by atoms with van der Waals surface area (Å²) in [5.74, 6) is 0.242. The molecule has 0 spiro atoms. The Kier molecular flexibility index (Phi) is 8.81. The molecule has 0 aromatic heterocycles. The quantitative estimate of drug-likeness (QED) is 0.479. The van der Waals surface area contributed by atoms with Crippen LogP contribution in [0.4, 0.5) is 0 Å². The zero-order chi connectivity index (χ0) is 18.8. The number of hydrogen-bond donors (Lipinski definition) is 0. The van der Waals surface area contributed by atoms with E-state index in [1.54, 1.807) is 37.1 Å².